The summed E-state index contributed by atoms with van der Waals surface area (Å²) in [7, 11) is 0. The Kier molecular flexibility index (Phi) is 6.24. The van der Waals surface area contributed by atoms with Crippen molar-refractivity contribution in [1.82, 2.24) is 15.3 Å². The van der Waals surface area contributed by atoms with E-state index in [0.717, 1.165) is 27.2 Å². The van der Waals surface area contributed by atoms with Gasteiger partial charge >= 0.3 is 0 Å². The van der Waals surface area contributed by atoms with Crippen LogP contribution in [0.5, 0.6) is 0 Å². The SMILES string of the molecule is Cc1ccc2cccc(NC(=O)C3(O)CCC(NCc4ccc5c(n4)NC(=O)CS5)CC3)c2n1. The number of aromatic nitrogens is 2. The maximum atomic E-state index is 13.0. The molecule has 176 valence electrons. The first-order chi connectivity index (χ1) is 16.4. The number of aryl methyl sites for hydroxylation is 1. The number of carbonyl (C=O) groups excluding carboxylic acids is 2. The summed E-state index contributed by atoms with van der Waals surface area (Å²) in [5.74, 6) is 0.621. The number of carbonyl (C=O) groups is 2. The maximum Gasteiger partial charge on any atom is 0.256 e. The molecule has 1 aliphatic heterocycles. The molecule has 1 saturated carbocycles. The van der Waals surface area contributed by atoms with Crippen molar-refractivity contribution in [2.24, 2.45) is 0 Å². The minimum Gasteiger partial charge on any atom is -0.380 e. The fourth-order valence-electron chi connectivity index (χ4n) is 4.46. The molecule has 2 aromatic heterocycles. The molecule has 2 amide bonds. The zero-order valence-corrected chi connectivity index (χ0v) is 19.7. The van der Waals surface area contributed by atoms with E-state index >= 15 is 0 Å². The smallest absolute Gasteiger partial charge is 0.256 e. The van der Waals surface area contributed by atoms with Gasteiger partial charge in [-0.15, -0.1) is 11.8 Å². The molecule has 3 heterocycles. The van der Waals surface area contributed by atoms with Gasteiger partial charge in [-0.1, -0.05) is 18.2 Å². The lowest BCUT2D eigenvalue weighted by atomic mass is 9.81. The molecular weight excluding hydrogens is 450 g/mol. The Labute approximate surface area is 202 Å². The number of amides is 2. The summed E-state index contributed by atoms with van der Waals surface area (Å²) in [6.07, 6.45) is 2.10. The van der Waals surface area contributed by atoms with E-state index in [1.165, 1.54) is 11.8 Å². The van der Waals surface area contributed by atoms with Crippen molar-refractivity contribution in [1.29, 1.82) is 0 Å². The Morgan fingerprint density at radius 3 is 2.82 bits per heavy atom. The van der Waals surface area contributed by atoms with Gasteiger partial charge in [0.25, 0.3) is 5.91 Å². The number of rotatable bonds is 5. The number of nitrogens with zero attached hydrogens (tertiary/aromatic N) is 2. The van der Waals surface area contributed by atoms with Crippen LogP contribution >= 0.6 is 11.8 Å². The fourth-order valence-corrected chi connectivity index (χ4v) is 5.22. The first kappa shape index (κ1) is 22.8. The van der Waals surface area contributed by atoms with Crippen molar-refractivity contribution in [2.45, 2.75) is 55.7 Å². The van der Waals surface area contributed by atoms with E-state index in [9.17, 15) is 14.7 Å². The molecule has 34 heavy (non-hydrogen) atoms. The van der Waals surface area contributed by atoms with Crippen LogP contribution in [-0.2, 0) is 16.1 Å². The third-order valence-electron chi connectivity index (χ3n) is 6.45. The monoisotopic (exact) mass is 477 g/mol. The minimum absolute atomic E-state index is 0.0330. The first-order valence-corrected chi connectivity index (χ1v) is 12.4. The predicted molar refractivity (Wildman–Crippen MR) is 133 cm³/mol. The third kappa shape index (κ3) is 4.77. The Balaban J connectivity index is 1.18. The van der Waals surface area contributed by atoms with Gasteiger partial charge in [0.2, 0.25) is 5.91 Å². The Hall–Kier alpha value is -3.01. The molecule has 2 aliphatic rings. The first-order valence-electron chi connectivity index (χ1n) is 11.5. The van der Waals surface area contributed by atoms with E-state index in [1.54, 1.807) is 0 Å². The summed E-state index contributed by atoms with van der Waals surface area (Å²) in [6, 6.07) is 13.7. The highest BCUT2D eigenvalue weighted by atomic mass is 32.2. The van der Waals surface area contributed by atoms with Crippen LogP contribution in [0.15, 0.2) is 47.4 Å². The lowest BCUT2D eigenvalue weighted by Crippen LogP contribution is -2.48. The van der Waals surface area contributed by atoms with Crippen LogP contribution in [0.4, 0.5) is 11.5 Å². The van der Waals surface area contributed by atoms with Gasteiger partial charge < -0.3 is 21.1 Å². The van der Waals surface area contributed by atoms with E-state index in [0.29, 0.717) is 49.5 Å². The number of thioether (sulfide) groups is 1. The molecule has 0 unspecified atom stereocenters. The summed E-state index contributed by atoms with van der Waals surface area (Å²) in [6.45, 7) is 2.47. The second-order valence-electron chi connectivity index (χ2n) is 8.96. The van der Waals surface area contributed by atoms with Gasteiger partial charge in [0.15, 0.2) is 0 Å². The third-order valence-corrected chi connectivity index (χ3v) is 7.49. The van der Waals surface area contributed by atoms with Crippen molar-refractivity contribution in [2.75, 3.05) is 16.4 Å². The quantitative estimate of drug-likeness (QED) is 0.445. The number of fused-ring (bicyclic) bond motifs is 2. The van der Waals surface area contributed by atoms with Gasteiger partial charge in [-0.3, -0.25) is 14.6 Å². The highest BCUT2D eigenvalue weighted by Crippen LogP contribution is 2.32. The fraction of sp³-hybridized carbons (Fsp3) is 0.360. The predicted octanol–water partition coefficient (Wildman–Crippen LogP) is 3.38. The molecule has 0 radical (unpaired) electrons. The molecular formula is C25H27N5O3S. The maximum absolute atomic E-state index is 13.0. The van der Waals surface area contributed by atoms with Crippen LogP contribution < -0.4 is 16.0 Å². The molecule has 1 aliphatic carbocycles. The number of nitrogens with one attached hydrogen (secondary N) is 3. The van der Waals surface area contributed by atoms with Crippen molar-refractivity contribution >= 4 is 46.0 Å². The van der Waals surface area contributed by atoms with Crippen LogP contribution in [0.2, 0.25) is 0 Å². The molecule has 0 bridgehead atoms. The average Bonchev–Trinajstić information content (AvgIpc) is 2.84. The molecule has 9 heteroatoms. The number of hydrogen-bond acceptors (Lipinski definition) is 7. The summed E-state index contributed by atoms with van der Waals surface area (Å²) in [5, 5.41) is 21.2. The molecule has 3 aromatic rings. The van der Waals surface area contributed by atoms with Crippen molar-refractivity contribution in [3.8, 4) is 0 Å². The lowest BCUT2D eigenvalue weighted by Gasteiger charge is -2.35. The summed E-state index contributed by atoms with van der Waals surface area (Å²) in [4.78, 5) is 34.7. The van der Waals surface area contributed by atoms with Crippen molar-refractivity contribution in [3.05, 3.63) is 53.9 Å². The number of benzene rings is 1. The number of para-hydroxylation sites is 1. The van der Waals surface area contributed by atoms with Gasteiger partial charge in [0.1, 0.15) is 11.4 Å². The highest BCUT2D eigenvalue weighted by Gasteiger charge is 2.40. The molecule has 5 rings (SSSR count). The summed E-state index contributed by atoms with van der Waals surface area (Å²) in [5.41, 5.74) is 1.65. The summed E-state index contributed by atoms with van der Waals surface area (Å²) >= 11 is 1.49. The van der Waals surface area contributed by atoms with E-state index in [-0.39, 0.29) is 17.9 Å². The second-order valence-corrected chi connectivity index (χ2v) is 9.97. The second kappa shape index (κ2) is 9.32. The largest absolute Gasteiger partial charge is 0.380 e. The Morgan fingerprint density at radius 1 is 1.18 bits per heavy atom. The number of hydrogen-bond donors (Lipinski definition) is 4. The van der Waals surface area contributed by atoms with Crippen molar-refractivity contribution in [3.63, 3.8) is 0 Å². The zero-order valence-electron chi connectivity index (χ0n) is 18.9. The highest BCUT2D eigenvalue weighted by molar-refractivity contribution is 8.00. The molecule has 1 aromatic carbocycles. The van der Waals surface area contributed by atoms with Gasteiger partial charge in [-0.25, -0.2) is 4.98 Å². The number of anilines is 2. The molecule has 4 N–H and O–H groups in total. The van der Waals surface area contributed by atoms with Gasteiger partial charge in [-0.2, -0.15) is 0 Å². The minimum atomic E-state index is -1.41. The van der Waals surface area contributed by atoms with Gasteiger partial charge in [0, 0.05) is 23.7 Å². The lowest BCUT2D eigenvalue weighted by molar-refractivity contribution is -0.137. The number of pyridine rings is 2. The van der Waals surface area contributed by atoms with Crippen LogP contribution in [-0.4, -0.2) is 44.3 Å². The Morgan fingerprint density at radius 2 is 2.00 bits per heavy atom. The van der Waals surface area contributed by atoms with Crippen LogP contribution in [0.25, 0.3) is 10.9 Å². The van der Waals surface area contributed by atoms with E-state index in [1.807, 2.05) is 49.4 Å². The molecule has 0 atom stereocenters. The molecule has 0 spiro atoms. The van der Waals surface area contributed by atoms with E-state index in [4.69, 9.17) is 0 Å². The summed E-state index contributed by atoms with van der Waals surface area (Å²) < 4.78 is 0. The van der Waals surface area contributed by atoms with Gasteiger partial charge in [0.05, 0.1) is 27.5 Å². The molecule has 8 nitrogen and oxygen atoms in total. The molecule has 0 saturated heterocycles. The van der Waals surface area contributed by atoms with Crippen LogP contribution in [0.1, 0.15) is 37.1 Å². The standard InChI is InChI=1S/C25H27N5O3S/c1-15-5-6-16-3-2-4-19(22(16)27-15)29-24(32)25(33)11-9-17(10-12-25)26-13-18-7-8-20-23(28-18)30-21(31)14-34-20/h2-8,17,26,33H,9-14H2,1H3,(H,29,32)(H,28,30,31). The van der Waals surface area contributed by atoms with Crippen molar-refractivity contribution < 1.29 is 14.7 Å². The Bertz CT molecular complexity index is 1260. The van der Waals surface area contributed by atoms with Gasteiger partial charge in [-0.05, 0) is 56.9 Å². The average molecular weight is 478 g/mol. The number of aliphatic hydroxyl groups is 1. The van der Waals surface area contributed by atoms with Crippen LogP contribution in [0.3, 0.4) is 0 Å². The zero-order chi connectivity index (χ0) is 23.7. The molecule has 1 fully saturated rings. The van der Waals surface area contributed by atoms with E-state index < -0.39 is 5.60 Å². The van der Waals surface area contributed by atoms with E-state index in [2.05, 4.69) is 25.9 Å². The normalized spacial score (nSPS) is 22.2. The topological polar surface area (TPSA) is 116 Å². The van der Waals surface area contributed by atoms with Crippen LogP contribution in [0, 0.1) is 6.92 Å².